The molecule has 0 aliphatic rings. The summed E-state index contributed by atoms with van der Waals surface area (Å²) in [6.07, 6.45) is 2.38. The fourth-order valence-electron chi connectivity index (χ4n) is 1.85. The van der Waals surface area contributed by atoms with Gasteiger partial charge in [0.15, 0.2) is 0 Å². The van der Waals surface area contributed by atoms with E-state index >= 15 is 0 Å². The molecular weight excluding hydrogens is 280 g/mol. The molecular formula is C13H24N2O2S2. The highest BCUT2D eigenvalue weighted by atomic mass is 32.2. The Morgan fingerprint density at radius 3 is 2.74 bits per heavy atom. The Hall–Kier alpha value is -0.430. The van der Waals surface area contributed by atoms with Crippen LogP contribution in [0, 0.1) is 0 Å². The first-order valence-electron chi connectivity index (χ1n) is 6.60. The van der Waals surface area contributed by atoms with Gasteiger partial charge in [0.2, 0.25) is 10.0 Å². The van der Waals surface area contributed by atoms with Crippen LogP contribution >= 0.6 is 11.3 Å². The fourth-order valence-corrected chi connectivity index (χ4v) is 4.16. The third-order valence-electron chi connectivity index (χ3n) is 3.22. The molecule has 0 bridgehead atoms. The lowest BCUT2D eigenvalue weighted by Gasteiger charge is -2.24. The Bertz CT molecular complexity index is 443. The zero-order valence-electron chi connectivity index (χ0n) is 11.9. The number of thiophene rings is 1. The summed E-state index contributed by atoms with van der Waals surface area (Å²) in [5.74, 6) is 0.236. The first-order chi connectivity index (χ1) is 8.97. The van der Waals surface area contributed by atoms with E-state index < -0.39 is 10.0 Å². The summed E-state index contributed by atoms with van der Waals surface area (Å²) >= 11 is 1.67. The van der Waals surface area contributed by atoms with Crippen molar-refractivity contribution in [2.45, 2.75) is 32.2 Å². The van der Waals surface area contributed by atoms with Crippen molar-refractivity contribution in [3.05, 3.63) is 22.4 Å². The van der Waals surface area contributed by atoms with Gasteiger partial charge in [0, 0.05) is 18.0 Å². The SMILES string of the molecule is CNCCCCS(=O)(=O)N(C)C(C)Cc1cccs1. The minimum atomic E-state index is -3.13. The summed E-state index contributed by atoms with van der Waals surface area (Å²) in [5.41, 5.74) is 0. The Kier molecular flexibility index (Phi) is 6.99. The third kappa shape index (κ3) is 5.60. The lowest BCUT2D eigenvalue weighted by Crippen LogP contribution is -2.37. The van der Waals surface area contributed by atoms with Gasteiger partial charge in [-0.1, -0.05) is 6.07 Å². The van der Waals surface area contributed by atoms with Crippen molar-refractivity contribution in [3.8, 4) is 0 Å². The van der Waals surface area contributed by atoms with Crippen LogP contribution in [0.25, 0.3) is 0 Å². The molecule has 0 saturated carbocycles. The van der Waals surface area contributed by atoms with E-state index in [1.807, 2.05) is 25.4 Å². The van der Waals surface area contributed by atoms with Crippen LogP contribution in [0.3, 0.4) is 0 Å². The van der Waals surface area contributed by atoms with Crippen LogP contribution in [-0.4, -0.2) is 45.2 Å². The number of likely N-dealkylation sites (N-methyl/N-ethyl adjacent to an activating group) is 1. The molecule has 1 atom stereocenters. The second kappa shape index (κ2) is 7.99. The minimum Gasteiger partial charge on any atom is -0.320 e. The Labute approximate surface area is 120 Å². The van der Waals surface area contributed by atoms with Crippen molar-refractivity contribution in [3.63, 3.8) is 0 Å². The van der Waals surface area contributed by atoms with Crippen LogP contribution in [0.1, 0.15) is 24.6 Å². The highest BCUT2D eigenvalue weighted by Gasteiger charge is 2.22. The topological polar surface area (TPSA) is 49.4 Å². The highest BCUT2D eigenvalue weighted by Crippen LogP contribution is 2.16. The number of nitrogens with one attached hydrogen (secondary N) is 1. The molecule has 1 aromatic rings. The van der Waals surface area contributed by atoms with Gasteiger partial charge in [0.1, 0.15) is 0 Å². The highest BCUT2D eigenvalue weighted by molar-refractivity contribution is 7.89. The van der Waals surface area contributed by atoms with E-state index in [4.69, 9.17) is 0 Å². The van der Waals surface area contributed by atoms with E-state index in [0.29, 0.717) is 6.42 Å². The lowest BCUT2D eigenvalue weighted by molar-refractivity contribution is 0.387. The number of nitrogens with zero attached hydrogens (tertiary/aromatic N) is 1. The average Bonchev–Trinajstić information content (AvgIpc) is 2.86. The molecule has 1 N–H and O–H groups in total. The van der Waals surface area contributed by atoms with Crippen LogP contribution in [0.4, 0.5) is 0 Å². The first-order valence-corrected chi connectivity index (χ1v) is 9.09. The summed E-state index contributed by atoms with van der Waals surface area (Å²) in [7, 11) is 0.432. The predicted octanol–water partition coefficient (Wildman–Crippen LogP) is 1.94. The maximum absolute atomic E-state index is 12.2. The Morgan fingerprint density at radius 1 is 1.42 bits per heavy atom. The molecule has 6 heteroatoms. The molecule has 0 radical (unpaired) electrons. The van der Waals surface area contributed by atoms with Crippen molar-refractivity contribution in [1.29, 1.82) is 0 Å². The van der Waals surface area contributed by atoms with E-state index in [1.165, 1.54) is 9.18 Å². The summed E-state index contributed by atoms with van der Waals surface area (Å²) in [6.45, 7) is 2.83. The van der Waals surface area contributed by atoms with E-state index in [1.54, 1.807) is 18.4 Å². The first kappa shape index (κ1) is 16.6. The van der Waals surface area contributed by atoms with Crippen molar-refractivity contribution in [2.24, 2.45) is 0 Å². The molecule has 0 aliphatic heterocycles. The fraction of sp³-hybridized carbons (Fsp3) is 0.692. The predicted molar refractivity (Wildman–Crippen MR) is 82.2 cm³/mol. The average molecular weight is 304 g/mol. The smallest absolute Gasteiger partial charge is 0.214 e. The van der Waals surface area contributed by atoms with Crippen LogP contribution in [0.2, 0.25) is 0 Å². The number of hydrogen-bond donors (Lipinski definition) is 1. The largest absolute Gasteiger partial charge is 0.320 e. The Balaban J connectivity index is 2.47. The zero-order valence-corrected chi connectivity index (χ0v) is 13.6. The van der Waals surface area contributed by atoms with Gasteiger partial charge in [-0.05, 0) is 51.2 Å². The minimum absolute atomic E-state index is 0.00736. The molecule has 0 amide bonds. The monoisotopic (exact) mass is 304 g/mol. The van der Waals surface area contributed by atoms with Gasteiger partial charge in [-0.15, -0.1) is 11.3 Å². The van der Waals surface area contributed by atoms with Gasteiger partial charge in [0.25, 0.3) is 0 Å². The summed E-state index contributed by atoms with van der Waals surface area (Å²) in [6, 6.07) is 4.06. The van der Waals surface area contributed by atoms with Gasteiger partial charge in [-0.3, -0.25) is 0 Å². The number of unbranched alkanes of at least 4 members (excludes halogenated alkanes) is 1. The van der Waals surface area contributed by atoms with Gasteiger partial charge >= 0.3 is 0 Å². The normalized spacial score (nSPS) is 13.9. The quantitative estimate of drug-likeness (QED) is 0.709. The molecule has 4 nitrogen and oxygen atoms in total. The third-order valence-corrected chi connectivity index (χ3v) is 6.16. The molecule has 110 valence electrons. The molecule has 1 unspecified atom stereocenters. The van der Waals surface area contributed by atoms with Gasteiger partial charge in [-0.2, -0.15) is 0 Å². The summed E-state index contributed by atoms with van der Waals surface area (Å²) < 4.78 is 25.9. The summed E-state index contributed by atoms with van der Waals surface area (Å²) in [4.78, 5) is 1.23. The van der Waals surface area contributed by atoms with Gasteiger partial charge in [-0.25, -0.2) is 12.7 Å². The van der Waals surface area contributed by atoms with Crippen molar-refractivity contribution < 1.29 is 8.42 Å². The lowest BCUT2D eigenvalue weighted by atomic mass is 10.2. The number of hydrogen-bond acceptors (Lipinski definition) is 4. The summed E-state index contributed by atoms with van der Waals surface area (Å²) in [5, 5.41) is 5.05. The Morgan fingerprint density at radius 2 is 2.16 bits per heavy atom. The maximum atomic E-state index is 12.2. The van der Waals surface area contributed by atoms with E-state index in [2.05, 4.69) is 11.4 Å². The van der Waals surface area contributed by atoms with Gasteiger partial charge in [0.05, 0.1) is 5.75 Å². The standard InChI is InChI=1S/C13H24N2O2S2/c1-12(11-13-7-6-9-18-13)15(3)19(16,17)10-5-4-8-14-2/h6-7,9,12,14H,4-5,8,10-11H2,1-3H3. The van der Waals surface area contributed by atoms with Crippen LogP contribution in [0.5, 0.6) is 0 Å². The molecule has 1 rings (SSSR count). The van der Waals surface area contributed by atoms with Crippen molar-refractivity contribution >= 4 is 21.4 Å². The van der Waals surface area contributed by atoms with E-state index in [0.717, 1.165) is 19.4 Å². The van der Waals surface area contributed by atoms with E-state index in [9.17, 15) is 8.42 Å². The second-order valence-electron chi connectivity index (χ2n) is 4.78. The van der Waals surface area contributed by atoms with Crippen LogP contribution in [-0.2, 0) is 16.4 Å². The molecule has 1 heterocycles. The van der Waals surface area contributed by atoms with Crippen molar-refractivity contribution in [1.82, 2.24) is 9.62 Å². The molecule has 0 aromatic carbocycles. The molecule has 19 heavy (non-hydrogen) atoms. The molecule has 0 saturated heterocycles. The molecule has 0 aliphatic carbocycles. The second-order valence-corrected chi connectivity index (χ2v) is 7.96. The van der Waals surface area contributed by atoms with Gasteiger partial charge < -0.3 is 5.32 Å². The molecule has 0 fully saturated rings. The number of sulfonamides is 1. The van der Waals surface area contributed by atoms with E-state index in [-0.39, 0.29) is 11.8 Å². The zero-order chi connectivity index (χ0) is 14.3. The maximum Gasteiger partial charge on any atom is 0.214 e. The van der Waals surface area contributed by atoms with Crippen LogP contribution in [0.15, 0.2) is 17.5 Å². The molecule has 0 spiro atoms. The number of rotatable bonds is 9. The molecule has 1 aromatic heterocycles. The van der Waals surface area contributed by atoms with Crippen molar-refractivity contribution in [2.75, 3.05) is 26.4 Å². The van der Waals surface area contributed by atoms with Crippen LogP contribution < -0.4 is 5.32 Å².